The van der Waals surface area contributed by atoms with Crippen LogP contribution in [0.15, 0.2) is 29.2 Å². The molecule has 1 atom stereocenters. The minimum Gasteiger partial charge on any atom is -0.480 e. The third-order valence-electron chi connectivity index (χ3n) is 4.47. The molecule has 2 saturated heterocycles. The summed E-state index contributed by atoms with van der Waals surface area (Å²) in [6.45, 7) is -0.250. The van der Waals surface area contributed by atoms with Gasteiger partial charge >= 0.3 is 5.97 Å². The van der Waals surface area contributed by atoms with Crippen LogP contribution in [0.1, 0.15) is 24.8 Å². The van der Waals surface area contributed by atoms with E-state index < -0.39 is 41.4 Å². The number of aliphatic carboxylic acids is 1. The number of carboxylic acid groups (broad SMARTS) is 1. The summed E-state index contributed by atoms with van der Waals surface area (Å²) in [6.07, 6.45) is 2.99. The van der Waals surface area contributed by atoms with Gasteiger partial charge in [0.15, 0.2) is 0 Å². The first-order valence-electron chi connectivity index (χ1n) is 8.40. The number of thioether (sulfide) groups is 1. The van der Waals surface area contributed by atoms with Gasteiger partial charge in [0, 0.05) is 12.1 Å². The Kier molecular flexibility index (Phi) is 5.59. The molecule has 142 valence electrons. The van der Waals surface area contributed by atoms with Gasteiger partial charge in [-0.1, -0.05) is 18.2 Å². The largest absolute Gasteiger partial charge is 0.480 e. The van der Waals surface area contributed by atoms with Gasteiger partial charge in [-0.3, -0.25) is 19.3 Å². The minimum absolute atomic E-state index is 0.0197. The summed E-state index contributed by atoms with van der Waals surface area (Å²) in [4.78, 5) is 50.5. The Hall–Kier alpha value is -2.68. The zero-order valence-electron chi connectivity index (χ0n) is 14.3. The Morgan fingerprint density at radius 2 is 2.00 bits per heavy atom. The van der Waals surface area contributed by atoms with E-state index in [4.69, 9.17) is 0 Å². The summed E-state index contributed by atoms with van der Waals surface area (Å²) >= 11 is 0.626. The Morgan fingerprint density at radius 3 is 2.70 bits per heavy atom. The van der Waals surface area contributed by atoms with E-state index in [2.05, 4.69) is 0 Å². The first kappa shape index (κ1) is 19.1. The van der Waals surface area contributed by atoms with Crippen molar-refractivity contribution in [1.29, 1.82) is 0 Å². The smallest absolute Gasteiger partial charge is 0.326 e. The van der Waals surface area contributed by atoms with Crippen molar-refractivity contribution in [2.45, 2.75) is 25.3 Å². The van der Waals surface area contributed by atoms with Crippen LogP contribution in [0.4, 0.5) is 9.18 Å². The Labute approximate surface area is 158 Å². The van der Waals surface area contributed by atoms with E-state index in [0.717, 1.165) is 4.90 Å². The van der Waals surface area contributed by atoms with Crippen LogP contribution < -0.4 is 0 Å². The third kappa shape index (κ3) is 4.02. The van der Waals surface area contributed by atoms with E-state index in [9.17, 15) is 28.7 Å². The lowest BCUT2D eigenvalue weighted by Gasteiger charge is -2.33. The van der Waals surface area contributed by atoms with E-state index in [1.54, 1.807) is 6.07 Å². The van der Waals surface area contributed by atoms with Crippen LogP contribution in [0.3, 0.4) is 0 Å². The van der Waals surface area contributed by atoms with Crippen molar-refractivity contribution in [1.82, 2.24) is 9.80 Å². The summed E-state index contributed by atoms with van der Waals surface area (Å²) in [5, 5.41) is 8.63. The minimum atomic E-state index is -1.10. The Morgan fingerprint density at radius 1 is 1.26 bits per heavy atom. The van der Waals surface area contributed by atoms with Gasteiger partial charge in [0.1, 0.15) is 18.4 Å². The zero-order chi connectivity index (χ0) is 19.6. The van der Waals surface area contributed by atoms with E-state index in [1.165, 1.54) is 29.2 Å². The number of piperidine rings is 1. The average molecular weight is 392 g/mol. The highest BCUT2D eigenvalue weighted by Crippen LogP contribution is 2.32. The summed E-state index contributed by atoms with van der Waals surface area (Å²) in [6, 6.07) is 4.88. The maximum atomic E-state index is 13.8. The van der Waals surface area contributed by atoms with Crippen LogP contribution in [-0.2, 0) is 14.4 Å². The molecule has 3 rings (SSSR count). The van der Waals surface area contributed by atoms with E-state index in [1.807, 2.05) is 0 Å². The van der Waals surface area contributed by atoms with E-state index in [-0.39, 0.29) is 17.0 Å². The van der Waals surface area contributed by atoms with Crippen molar-refractivity contribution in [3.63, 3.8) is 0 Å². The second kappa shape index (κ2) is 7.91. The maximum Gasteiger partial charge on any atom is 0.326 e. The van der Waals surface area contributed by atoms with Gasteiger partial charge in [0.2, 0.25) is 5.91 Å². The molecule has 0 aromatic heterocycles. The van der Waals surface area contributed by atoms with Crippen molar-refractivity contribution >= 4 is 40.9 Å². The van der Waals surface area contributed by atoms with Crippen molar-refractivity contribution in [2.75, 3.05) is 13.1 Å². The number of hydrogen-bond donors (Lipinski definition) is 1. The molecule has 27 heavy (non-hydrogen) atoms. The summed E-state index contributed by atoms with van der Waals surface area (Å²) < 4.78 is 13.8. The fourth-order valence-electron chi connectivity index (χ4n) is 3.08. The standard InChI is InChI=1S/C18H17FN2O5S/c19-12-6-2-1-5-11(12)9-14-16(23)21(18(26)27-14)10-15(22)20-8-4-3-7-13(20)17(24)25/h1-2,5-6,9,13H,3-4,7-8,10H2,(H,24,25). The molecule has 1 aromatic carbocycles. The lowest BCUT2D eigenvalue weighted by atomic mass is 10.0. The van der Waals surface area contributed by atoms with Crippen LogP contribution in [-0.4, -0.2) is 57.1 Å². The fourth-order valence-corrected chi connectivity index (χ4v) is 3.91. The van der Waals surface area contributed by atoms with Crippen LogP contribution in [0.2, 0.25) is 0 Å². The molecule has 7 nitrogen and oxygen atoms in total. The summed E-state index contributed by atoms with van der Waals surface area (Å²) in [7, 11) is 0. The third-order valence-corrected chi connectivity index (χ3v) is 5.37. The maximum absolute atomic E-state index is 13.8. The second-order valence-electron chi connectivity index (χ2n) is 6.23. The van der Waals surface area contributed by atoms with Crippen molar-refractivity contribution in [3.05, 3.63) is 40.6 Å². The van der Waals surface area contributed by atoms with Crippen LogP contribution in [0, 0.1) is 5.82 Å². The lowest BCUT2D eigenvalue weighted by molar-refractivity contribution is -0.152. The van der Waals surface area contributed by atoms with Gasteiger partial charge in [-0.2, -0.15) is 0 Å². The monoisotopic (exact) mass is 392 g/mol. The van der Waals surface area contributed by atoms with Crippen molar-refractivity contribution in [2.24, 2.45) is 0 Å². The number of amides is 3. The summed E-state index contributed by atoms with van der Waals surface area (Å²) in [5.74, 6) is -2.91. The first-order valence-corrected chi connectivity index (χ1v) is 9.22. The second-order valence-corrected chi connectivity index (χ2v) is 7.22. The molecule has 0 aliphatic carbocycles. The first-order chi connectivity index (χ1) is 12.9. The molecular weight excluding hydrogens is 375 g/mol. The van der Waals surface area contributed by atoms with Gasteiger partial charge in [-0.25, -0.2) is 9.18 Å². The molecule has 0 bridgehead atoms. The molecule has 1 aromatic rings. The highest BCUT2D eigenvalue weighted by Gasteiger charge is 2.39. The molecule has 2 aliphatic rings. The molecule has 3 amide bonds. The fraction of sp³-hybridized carbons (Fsp3) is 0.333. The number of carboxylic acids is 1. The van der Waals surface area contributed by atoms with Gasteiger partial charge < -0.3 is 10.0 Å². The van der Waals surface area contributed by atoms with Crippen LogP contribution in [0.25, 0.3) is 6.08 Å². The molecule has 2 aliphatic heterocycles. The van der Waals surface area contributed by atoms with Crippen LogP contribution >= 0.6 is 11.8 Å². The molecule has 2 fully saturated rings. The van der Waals surface area contributed by atoms with Crippen LogP contribution in [0.5, 0.6) is 0 Å². The number of carbonyl (C=O) groups excluding carboxylic acids is 3. The van der Waals surface area contributed by atoms with Gasteiger partial charge in [-0.15, -0.1) is 0 Å². The van der Waals surface area contributed by atoms with E-state index >= 15 is 0 Å². The average Bonchev–Trinajstić information content (AvgIpc) is 2.91. The lowest BCUT2D eigenvalue weighted by Crippen LogP contribution is -2.51. The quantitative estimate of drug-likeness (QED) is 0.791. The molecule has 1 unspecified atom stereocenters. The number of hydrogen-bond acceptors (Lipinski definition) is 5. The number of halogens is 1. The van der Waals surface area contributed by atoms with E-state index in [0.29, 0.717) is 31.0 Å². The Bertz CT molecular complexity index is 841. The number of nitrogens with zero attached hydrogens (tertiary/aromatic N) is 2. The number of benzene rings is 1. The highest BCUT2D eigenvalue weighted by molar-refractivity contribution is 8.18. The molecule has 0 saturated carbocycles. The molecule has 1 N–H and O–H groups in total. The zero-order valence-corrected chi connectivity index (χ0v) is 15.1. The van der Waals surface area contributed by atoms with Gasteiger partial charge in [-0.05, 0) is 43.2 Å². The molecule has 9 heteroatoms. The predicted molar refractivity (Wildman–Crippen MR) is 96.1 cm³/mol. The molecule has 0 spiro atoms. The topological polar surface area (TPSA) is 95.0 Å². The van der Waals surface area contributed by atoms with Crippen molar-refractivity contribution < 1.29 is 28.7 Å². The van der Waals surface area contributed by atoms with Crippen molar-refractivity contribution in [3.8, 4) is 0 Å². The summed E-state index contributed by atoms with van der Waals surface area (Å²) in [5.41, 5.74) is 0.163. The number of likely N-dealkylation sites (tertiary alicyclic amines) is 1. The predicted octanol–water partition coefficient (Wildman–Crippen LogP) is 2.33. The molecule has 0 radical (unpaired) electrons. The number of imide groups is 1. The SMILES string of the molecule is O=C(O)C1CCCCN1C(=O)CN1C(=O)SC(=Cc2ccccc2F)C1=O. The molecule has 2 heterocycles. The number of rotatable bonds is 4. The molecular formula is C18H17FN2O5S. The Balaban J connectivity index is 1.75. The number of carbonyl (C=O) groups is 4. The van der Waals surface area contributed by atoms with Gasteiger partial charge in [0.25, 0.3) is 11.1 Å². The highest BCUT2D eigenvalue weighted by atomic mass is 32.2. The normalized spacial score (nSPS) is 21.8. The van der Waals surface area contributed by atoms with Gasteiger partial charge in [0.05, 0.1) is 4.91 Å².